The van der Waals surface area contributed by atoms with E-state index in [1.807, 2.05) is 0 Å². The van der Waals surface area contributed by atoms with Crippen molar-refractivity contribution in [2.75, 3.05) is 0 Å². The zero-order valence-electron chi connectivity index (χ0n) is 58.6. The molecule has 10 aromatic carbocycles. The SMILES string of the molecule is CCCCCCC1(CCCCCC)c2cc(-c3ccc4c(c3)C(CCCCCC)(CCCCCC)c3cc(-c5c(CC)cc(-c6ccccc6)c(CC)c5-c5ccccc5)ccc3-4)ccc2-c2ccc(-c3c(CC)cc(-c4ccccc4)c(CC)c3-c3ccccc3)cc21. The van der Waals surface area contributed by atoms with Gasteiger partial charge in [-0.1, -0.05) is 340 Å². The van der Waals surface area contributed by atoms with Crippen LogP contribution < -0.4 is 0 Å². The van der Waals surface area contributed by atoms with Gasteiger partial charge in [0.1, 0.15) is 0 Å². The third-order valence-corrected chi connectivity index (χ3v) is 22.3. The predicted octanol–water partition coefficient (Wildman–Crippen LogP) is 28.0. The van der Waals surface area contributed by atoms with E-state index < -0.39 is 0 Å². The van der Waals surface area contributed by atoms with Crippen LogP contribution in [0.4, 0.5) is 0 Å². The Morgan fingerprint density at radius 3 is 0.766 bits per heavy atom. The molecule has 0 heteroatoms. The Balaban J connectivity index is 1.03. The summed E-state index contributed by atoms with van der Waals surface area (Å²) in [6, 6.07) is 81.5. The van der Waals surface area contributed by atoms with Gasteiger partial charge in [0.25, 0.3) is 0 Å². The smallest absolute Gasteiger partial charge is 0.0215 e. The first kappa shape index (κ1) is 66.2. The van der Waals surface area contributed by atoms with Crippen molar-refractivity contribution >= 4 is 0 Å². The van der Waals surface area contributed by atoms with Crippen LogP contribution in [0, 0.1) is 0 Å². The van der Waals surface area contributed by atoms with E-state index in [-0.39, 0.29) is 10.8 Å². The second-order valence-electron chi connectivity index (χ2n) is 28.0. The lowest BCUT2D eigenvalue weighted by atomic mass is 9.69. The number of benzene rings is 10. The average molecular weight is 1240 g/mol. The molecular formula is C94H106. The van der Waals surface area contributed by atoms with Crippen LogP contribution >= 0.6 is 0 Å². The number of rotatable bonds is 31. The molecule has 0 heterocycles. The Morgan fingerprint density at radius 2 is 0.489 bits per heavy atom. The lowest BCUT2D eigenvalue weighted by molar-refractivity contribution is 0.401. The summed E-state index contributed by atoms with van der Waals surface area (Å²) in [7, 11) is 0. The zero-order chi connectivity index (χ0) is 65.0. The van der Waals surface area contributed by atoms with Gasteiger partial charge in [-0.2, -0.15) is 0 Å². The van der Waals surface area contributed by atoms with Crippen LogP contribution in [-0.2, 0) is 36.5 Å². The normalized spacial score (nSPS) is 13.2. The van der Waals surface area contributed by atoms with Crippen LogP contribution in [0.5, 0.6) is 0 Å². The first-order chi connectivity index (χ1) is 46.3. The van der Waals surface area contributed by atoms with Gasteiger partial charge in [-0.3, -0.25) is 0 Å². The van der Waals surface area contributed by atoms with E-state index in [1.165, 1.54) is 251 Å². The van der Waals surface area contributed by atoms with E-state index in [4.69, 9.17) is 0 Å². The van der Waals surface area contributed by atoms with Crippen molar-refractivity contribution in [2.45, 2.75) is 220 Å². The highest BCUT2D eigenvalue weighted by molar-refractivity contribution is 5.97. The summed E-state index contributed by atoms with van der Waals surface area (Å²) in [6.45, 7) is 19.0. The Morgan fingerprint density at radius 1 is 0.213 bits per heavy atom. The van der Waals surface area contributed by atoms with Gasteiger partial charge < -0.3 is 0 Å². The lowest BCUT2D eigenvalue weighted by Gasteiger charge is -2.34. The summed E-state index contributed by atoms with van der Waals surface area (Å²) in [5, 5.41) is 0. The third kappa shape index (κ3) is 12.9. The largest absolute Gasteiger partial charge is 0.0654 e. The molecular weight excluding hydrogens is 1130 g/mol. The fraction of sp³-hybridized carbons (Fsp3) is 0.362. The number of hydrogen-bond acceptors (Lipinski definition) is 0. The number of fused-ring (bicyclic) bond motifs is 6. The molecule has 0 saturated carbocycles. The molecule has 0 bridgehead atoms. The van der Waals surface area contributed by atoms with E-state index in [1.54, 1.807) is 22.3 Å². The highest BCUT2D eigenvalue weighted by atomic mass is 14.5. The van der Waals surface area contributed by atoms with Crippen LogP contribution in [0.1, 0.15) is 228 Å². The molecule has 2 aliphatic carbocycles. The number of hydrogen-bond donors (Lipinski definition) is 0. The fourth-order valence-corrected chi connectivity index (χ4v) is 17.5. The summed E-state index contributed by atoms with van der Waals surface area (Å²) in [6.07, 6.45) is 28.6. The van der Waals surface area contributed by atoms with Gasteiger partial charge in [0.15, 0.2) is 0 Å². The Hall–Kier alpha value is -7.80. The Labute approximate surface area is 567 Å². The summed E-state index contributed by atoms with van der Waals surface area (Å²) in [5.41, 5.74) is 36.7. The maximum atomic E-state index is 2.74. The molecule has 0 unspecified atom stereocenters. The van der Waals surface area contributed by atoms with E-state index in [0.717, 1.165) is 25.7 Å². The molecule has 0 spiro atoms. The minimum Gasteiger partial charge on any atom is -0.0654 e. The van der Waals surface area contributed by atoms with Gasteiger partial charge in [0.05, 0.1) is 0 Å². The minimum atomic E-state index is -0.104. The molecule has 0 nitrogen and oxygen atoms in total. The quantitative estimate of drug-likeness (QED) is 0.0380. The molecule has 0 fully saturated rings. The van der Waals surface area contributed by atoms with Crippen molar-refractivity contribution in [2.24, 2.45) is 0 Å². The summed E-state index contributed by atoms with van der Waals surface area (Å²) >= 11 is 0. The van der Waals surface area contributed by atoms with Crippen LogP contribution in [0.2, 0.25) is 0 Å². The Bertz CT molecular complexity index is 3860. The highest BCUT2D eigenvalue weighted by Gasteiger charge is 2.45. The van der Waals surface area contributed by atoms with E-state index in [2.05, 4.69) is 262 Å². The van der Waals surface area contributed by atoms with Crippen molar-refractivity contribution in [3.8, 4) is 100 Å². The van der Waals surface area contributed by atoms with Gasteiger partial charge in [0, 0.05) is 10.8 Å². The maximum absolute atomic E-state index is 2.74. The maximum Gasteiger partial charge on any atom is 0.0215 e. The molecule has 0 saturated heterocycles. The summed E-state index contributed by atoms with van der Waals surface area (Å²) in [5.74, 6) is 0. The fourth-order valence-electron chi connectivity index (χ4n) is 17.5. The molecule has 94 heavy (non-hydrogen) atoms. The minimum absolute atomic E-state index is 0.104. The molecule has 0 amide bonds. The molecule has 0 atom stereocenters. The average Bonchev–Trinajstić information content (AvgIpc) is 1.53. The molecule has 10 aromatic rings. The van der Waals surface area contributed by atoms with Gasteiger partial charge >= 0.3 is 0 Å². The Kier molecular flexibility index (Phi) is 21.7. The van der Waals surface area contributed by atoms with Crippen molar-refractivity contribution in [3.05, 3.63) is 251 Å². The van der Waals surface area contributed by atoms with E-state index in [9.17, 15) is 0 Å². The second-order valence-corrected chi connectivity index (χ2v) is 28.0. The van der Waals surface area contributed by atoms with Crippen molar-refractivity contribution in [3.63, 3.8) is 0 Å². The van der Waals surface area contributed by atoms with Crippen LogP contribution in [0.25, 0.3) is 100 Å². The summed E-state index contributed by atoms with van der Waals surface area (Å²) < 4.78 is 0. The molecule has 0 aliphatic heterocycles. The van der Waals surface area contributed by atoms with Gasteiger partial charge in [-0.15, -0.1) is 0 Å². The first-order valence-electron chi connectivity index (χ1n) is 37.5. The molecule has 482 valence electrons. The lowest BCUT2D eigenvalue weighted by Crippen LogP contribution is -2.26. The molecule has 0 aromatic heterocycles. The second kappa shape index (κ2) is 30.7. The summed E-state index contributed by atoms with van der Waals surface area (Å²) in [4.78, 5) is 0. The third-order valence-electron chi connectivity index (χ3n) is 22.3. The predicted molar refractivity (Wildman–Crippen MR) is 409 cm³/mol. The molecule has 12 rings (SSSR count). The van der Waals surface area contributed by atoms with Crippen LogP contribution in [0.3, 0.4) is 0 Å². The highest BCUT2D eigenvalue weighted by Crippen LogP contribution is 2.60. The van der Waals surface area contributed by atoms with Crippen molar-refractivity contribution in [1.82, 2.24) is 0 Å². The van der Waals surface area contributed by atoms with Crippen molar-refractivity contribution in [1.29, 1.82) is 0 Å². The standard InChI is InChI=1S/C94H106/c1-9-17-21-37-57-93(58-38-22-18-10-2)85-63-73(49-53-79(85)81-55-51-75(65-87(81)93)89-67(13-5)61-83(69-41-29-25-30-42-69)77(15-7)91(89)71-45-33-27-34-46-71)74-50-54-80-82-56-52-76(66-88(82)94(86(80)64-74,59-39-23-19-11-3)60-40-24-20-12-4)90-68(14-6)62-84(70-43-31-26-32-44-70)78(16-8)92(90)72-47-35-28-36-48-72/h25-36,41-56,61-66H,9-24,37-40,57-60H2,1-8H3. The molecule has 0 N–H and O–H groups in total. The molecule has 0 radical (unpaired) electrons. The van der Waals surface area contributed by atoms with Crippen LogP contribution in [-0.4, -0.2) is 0 Å². The number of aryl methyl sites for hydroxylation is 2. The molecule has 2 aliphatic rings. The van der Waals surface area contributed by atoms with Crippen LogP contribution in [0.15, 0.2) is 206 Å². The van der Waals surface area contributed by atoms with E-state index >= 15 is 0 Å². The number of unbranched alkanes of at least 4 members (excludes halogenated alkanes) is 12. The van der Waals surface area contributed by atoms with Gasteiger partial charge in [0.2, 0.25) is 0 Å². The van der Waals surface area contributed by atoms with Crippen molar-refractivity contribution < 1.29 is 0 Å². The topological polar surface area (TPSA) is 0 Å². The monoisotopic (exact) mass is 1230 g/mol. The van der Waals surface area contributed by atoms with E-state index in [0.29, 0.717) is 0 Å². The zero-order valence-corrected chi connectivity index (χ0v) is 58.6. The first-order valence-corrected chi connectivity index (χ1v) is 37.5. The van der Waals surface area contributed by atoms with Gasteiger partial charge in [-0.25, -0.2) is 0 Å². The van der Waals surface area contributed by atoms with Gasteiger partial charge in [-0.05, 0) is 220 Å².